The van der Waals surface area contributed by atoms with Gasteiger partial charge in [-0.15, -0.1) is 24.0 Å². The lowest BCUT2D eigenvalue weighted by Crippen LogP contribution is -2.38. The van der Waals surface area contributed by atoms with Crippen LogP contribution in [0.25, 0.3) is 0 Å². The van der Waals surface area contributed by atoms with Crippen LogP contribution in [0.5, 0.6) is 0 Å². The van der Waals surface area contributed by atoms with Crippen molar-refractivity contribution >= 4 is 36.0 Å². The minimum atomic E-state index is -0.477. The van der Waals surface area contributed by atoms with Crippen LogP contribution in [0.2, 0.25) is 0 Å². The first-order chi connectivity index (χ1) is 8.71. The fraction of sp³-hybridized carbons (Fsp3) is 0.846. The smallest absolute Gasteiger partial charge is 0.410 e. The first-order valence-electron chi connectivity index (χ1n) is 6.70. The van der Waals surface area contributed by atoms with Gasteiger partial charge in [0.1, 0.15) is 5.60 Å². The van der Waals surface area contributed by atoms with E-state index in [1.165, 1.54) is 4.90 Å². The first-order valence-corrected chi connectivity index (χ1v) is 6.70. The molecule has 0 saturated carbocycles. The van der Waals surface area contributed by atoms with Gasteiger partial charge < -0.3 is 20.3 Å². The summed E-state index contributed by atoms with van der Waals surface area (Å²) in [4.78, 5) is 19.4. The Bertz CT molecular complexity index is 312. The van der Waals surface area contributed by atoms with Crippen LogP contribution >= 0.6 is 24.0 Å². The predicted molar refractivity (Wildman–Crippen MR) is 93.7 cm³/mol. The molecule has 0 aromatic heterocycles. The van der Waals surface area contributed by atoms with Crippen LogP contribution in [0, 0.1) is 0 Å². The van der Waals surface area contributed by atoms with E-state index in [0.717, 1.165) is 13.1 Å². The van der Waals surface area contributed by atoms with Crippen LogP contribution in [0.15, 0.2) is 4.99 Å². The van der Waals surface area contributed by atoms with Crippen LogP contribution in [0.4, 0.5) is 4.79 Å². The number of nitrogens with zero attached hydrogens (tertiary/aromatic N) is 3. The van der Waals surface area contributed by atoms with Crippen molar-refractivity contribution in [3.8, 4) is 0 Å². The van der Waals surface area contributed by atoms with E-state index in [1.807, 2.05) is 39.5 Å². The minimum Gasteiger partial charge on any atom is -0.444 e. The Balaban J connectivity index is 0. The zero-order valence-electron chi connectivity index (χ0n) is 13.5. The van der Waals surface area contributed by atoms with Crippen LogP contribution in [-0.4, -0.2) is 60.7 Å². The number of guanidine groups is 1. The van der Waals surface area contributed by atoms with Gasteiger partial charge in [-0.1, -0.05) is 0 Å². The van der Waals surface area contributed by atoms with Crippen molar-refractivity contribution < 1.29 is 9.53 Å². The summed E-state index contributed by atoms with van der Waals surface area (Å²) in [6.07, 6.45) is -0.343. The lowest BCUT2D eigenvalue weighted by atomic mass is 10.2. The number of carbonyl (C=O) groups is 1. The number of ether oxygens (including phenoxy) is 1. The molecule has 0 aliphatic heterocycles. The van der Waals surface area contributed by atoms with E-state index in [9.17, 15) is 4.79 Å². The molecule has 0 bridgehead atoms. The van der Waals surface area contributed by atoms with Crippen LogP contribution in [0.1, 0.15) is 34.6 Å². The molecule has 6 nitrogen and oxygen atoms in total. The molecule has 0 atom stereocenters. The van der Waals surface area contributed by atoms with Gasteiger partial charge in [-0.05, 0) is 34.6 Å². The van der Waals surface area contributed by atoms with Crippen molar-refractivity contribution in [1.29, 1.82) is 0 Å². The summed E-state index contributed by atoms with van der Waals surface area (Å²) in [5.41, 5.74) is 5.37. The average molecular weight is 400 g/mol. The highest BCUT2D eigenvalue weighted by atomic mass is 127. The molecule has 0 rings (SSSR count). The Hall–Kier alpha value is -0.730. The lowest BCUT2D eigenvalue weighted by Gasteiger charge is -2.24. The second kappa shape index (κ2) is 10.1. The number of rotatable bonds is 5. The van der Waals surface area contributed by atoms with Gasteiger partial charge >= 0.3 is 6.09 Å². The van der Waals surface area contributed by atoms with Crippen LogP contribution < -0.4 is 5.73 Å². The normalized spacial score (nSPS) is 11.6. The topological polar surface area (TPSA) is 71.2 Å². The summed E-state index contributed by atoms with van der Waals surface area (Å²) in [6, 6.07) is 0. The second-order valence-electron chi connectivity index (χ2n) is 5.31. The molecule has 0 heterocycles. The largest absolute Gasteiger partial charge is 0.444 e. The predicted octanol–water partition coefficient (Wildman–Crippen LogP) is 2.13. The maximum absolute atomic E-state index is 11.7. The Morgan fingerprint density at radius 2 is 1.75 bits per heavy atom. The number of halogens is 1. The van der Waals surface area contributed by atoms with Crippen molar-refractivity contribution in [2.45, 2.75) is 40.2 Å². The first kappa shape index (κ1) is 21.6. The molecule has 20 heavy (non-hydrogen) atoms. The highest BCUT2D eigenvalue weighted by Gasteiger charge is 2.19. The SMILES string of the molecule is CCN(CC)C(N)=NCCN(C)C(=O)OC(C)(C)C.I. The standard InChI is InChI=1S/C13H28N4O2.HI/c1-7-17(8-2)11(14)15-9-10-16(6)12(18)19-13(3,4)5;/h7-10H2,1-6H3,(H2,14,15);1H. The molecule has 0 aliphatic rings. The van der Waals surface area contributed by atoms with Gasteiger partial charge in [0.25, 0.3) is 0 Å². The zero-order valence-corrected chi connectivity index (χ0v) is 15.8. The molecule has 0 aromatic rings. The maximum Gasteiger partial charge on any atom is 0.410 e. The van der Waals surface area contributed by atoms with Gasteiger partial charge in [-0.25, -0.2) is 4.79 Å². The molecular weight excluding hydrogens is 371 g/mol. The number of aliphatic imine (C=N–C) groups is 1. The Labute approximate surface area is 139 Å². The molecule has 0 radical (unpaired) electrons. The molecule has 120 valence electrons. The van der Waals surface area contributed by atoms with Crippen molar-refractivity contribution in [3.63, 3.8) is 0 Å². The number of hydrogen-bond donors (Lipinski definition) is 1. The molecule has 0 spiro atoms. The van der Waals surface area contributed by atoms with Crippen molar-refractivity contribution in [2.24, 2.45) is 10.7 Å². The quantitative estimate of drug-likeness (QED) is 0.436. The van der Waals surface area contributed by atoms with Gasteiger partial charge in [-0.3, -0.25) is 4.99 Å². The van der Waals surface area contributed by atoms with Crippen LogP contribution in [-0.2, 0) is 4.74 Å². The molecule has 7 heteroatoms. The molecule has 2 N–H and O–H groups in total. The van der Waals surface area contributed by atoms with Crippen molar-refractivity contribution in [2.75, 3.05) is 33.2 Å². The highest BCUT2D eigenvalue weighted by Crippen LogP contribution is 2.08. The summed E-state index contributed by atoms with van der Waals surface area (Å²) >= 11 is 0. The number of carbonyl (C=O) groups excluding carboxylic acids is 1. The van der Waals surface area contributed by atoms with E-state index < -0.39 is 5.60 Å². The number of amides is 1. The van der Waals surface area contributed by atoms with E-state index in [1.54, 1.807) is 7.05 Å². The van der Waals surface area contributed by atoms with E-state index in [4.69, 9.17) is 10.5 Å². The molecule has 0 fully saturated rings. The van der Waals surface area contributed by atoms with Gasteiger partial charge in [0.05, 0.1) is 6.54 Å². The number of likely N-dealkylation sites (N-methyl/N-ethyl adjacent to an activating group) is 1. The summed E-state index contributed by atoms with van der Waals surface area (Å²) in [5, 5.41) is 0. The summed E-state index contributed by atoms with van der Waals surface area (Å²) in [5.74, 6) is 0.516. The summed E-state index contributed by atoms with van der Waals surface area (Å²) in [7, 11) is 1.69. The van der Waals surface area contributed by atoms with Crippen LogP contribution in [0.3, 0.4) is 0 Å². The zero-order chi connectivity index (χ0) is 15.1. The van der Waals surface area contributed by atoms with Gasteiger partial charge in [0, 0.05) is 26.7 Å². The third-order valence-corrected chi connectivity index (χ3v) is 2.50. The molecule has 0 unspecified atom stereocenters. The highest BCUT2D eigenvalue weighted by molar-refractivity contribution is 14.0. The maximum atomic E-state index is 11.7. The Morgan fingerprint density at radius 3 is 2.15 bits per heavy atom. The summed E-state index contributed by atoms with van der Waals surface area (Å²) < 4.78 is 5.24. The molecule has 1 amide bonds. The van der Waals surface area contributed by atoms with Gasteiger partial charge in [0.15, 0.2) is 5.96 Å². The van der Waals surface area contributed by atoms with Gasteiger partial charge in [-0.2, -0.15) is 0 Å². The average Bonchev–Trinajstić information content (AvgIpc) is 2.28. The van der Waals surface area contributed by atoms with Crippen molar-refractivity contribution in [3.05, 3.63) is 0 Å². The van der Waals surface area contributed by atoms with E-state index in [-0.39, 0.29) is 30.1 Å². The second-order valence-corrected chi connectivity index (χ2v) is 5.31. The van der Waals surface area contributed by atoms with E-state index in [2.05, 4.69) is 4.99 Å². The fourth-order valence-electron chi connectivity index (χ4n) is 1.39. The van der Waals surface area contributed by atoms with Crippen molar-refractivity contribution in [1.82, 2.24) is 9.80 Å². The number of nitrogens with two attached hydrogens (primary N) is 1. The molecule has 0 saturated heterocycles. The fourth-order valence-corrected chi connectivity index (χ4v) is 1.39. The minimum absolute atomic E-state index is 0. The molecular formula is C13H29IN4O2. The monoisotopic (exact) mass is 400 g/mol. The number of hydrogen-bond acceptors (Lipinski definition) is 3. The van der Waals surface area contributed by atoms with E-state index >= 15 is 0 Å². The van der Waals surface area contributed by atoms with Gasteiger partial charge in [0.2, 0.25) is 0 Å². The lowest BCUT2D eigenvalue weighted by molar-refractivity contribution is 0.0304. The third kappa shape index (κ3) is 9.22. The summed E-state index contributed by atoms with van der Waals surface area (Å²) in [6.45, 7) is 12.2. The molecule has 0 aliphatic carbocycles. The molecule has 0 aromatic carbocycles. The Morgan fingerprint density at radius 1 is 1.25 bits per heavy atom. The van der Waals surface area contributed by atoms with E-state index in [0.29, 0.717) is 19.0 Å². The Kier molecular flexibility index (Phi) is 10.9. The third-order valence-electron chi connectivity index (χ3n) is 2.50.